The average molecular weight is 383 g/mol. The summed E-state index contributed by atoms with van der Waals surface area (Å²) in [6.07, 6.45) is 4.01. The molecule has 1 aromatic heterocycles. The molecule has 148 valence electrons. The standard InChI is InChI=1S/C22H26FN3O2/c1-14-20-18(3-2-4-19(20)27)25-21(14)22(28)24-17-9-11-26(12-10-17)13-15-5-7-16(23)8-6-15/h5-8,17,25H,2-4,9-13H2,1H3,(H,24,28). The fraction of sp³-hybridized carbons (Fsp3) is 0.455. The van der Waals surface area contributed by atoms with Crippen LogP contribution < -0.4 is 5.32 Å². The van der Waals surface area contributed by atoms with Gasteiger partial charge in [-0.05, 0) is 55.9 Å². The first-order valence-electron chi connectivity index (χ1n) is 10.0. The van der Waals surface area contributed by atoms with Gasteiger partial charge in [0.05, 0.1) is 0 Å². The Morgan fingerprint density at radius 1 is 1.21 bits per heavy atom. The number of hydrogen-bond acceptors (Lipinski definition) is 3. The molecule has 6 heteroatoms. The normalized spacial score (nSPS) is 18.1. The van der Waals surface area contributed by atoms with Crippen LogP contribution in [0.15, 0.2) is 24.3 Å². The van der Waals surface area contributed by atoms with Gasteiger partial charge in [0.1, 0.15) is 11.5 Å². The molecule has 5 nitrogen and oxygen atoms in total. The fourth-order valence-electron chi connectivity index (χ4n) is 4.34. The number of aryl methyl sites for hydroxylation is 1. The van der Waals surface area contributed by atoms with E-state index in [-0.39, 0.29) is 23.5 Å². The molecule has 1 saturated heterocycles. The summed E-state index contributed by atoms with van der Waals surface area (Å²) in [6.45, 7) is 4.44. The smallest absolute Gasteiger partial charge is 0.268 e. The van der Waals surface area contributed by atoms with Gasteiger partial charge in [0.25, 0.3) is 5.91 Å². The predicted octanol–water partition coefficient (Wildman–Crippen LogP) is 3.38. The first-order valence-corrected chi connectivity index (χ1v) is 10.0. The van der Waals surface area contributed by atoms with Crippen LogP contribution in [0.5, 0.6) is 0 Å². The zero-order chi connectivity index (χ0) is 19.7. The number of H-pyrrole nitrogens is 1. The maximum Gasteiger partial charge on any atom is 0.268 e. The van der Waals surface area contributed by atoms with Gasteiger partial charge >= 0.3 is 0 Å². The van der Waals surface area contributed by atoms with E-state index in [4.69, 9.17) is 0 Å². The Labute approximate surface area is 164 Å². The SMILES string of the molecule is Cc1c(C(=O)NC2CCN(Cc3ccc(F)cc3)CC2)[nH]c2c1C(=O)CCC2. The van der Waals surface area contributed by atoms with E-state index in [2.05, 4.69) is 15.2 Å². The third-order valence-electron chi connectivity index (χ3n) is 5.91. The third kappa shape index (κ3) is 3.87. The van der Waals surface area contributed by atoms with Gasteiger partial charge < -0.3 is 10.3 Å². The second kappa shape index (κ2) is 7.87. The Morgan fingerprint density at radius 2 is 1.93 bits per heavy atom. The highest BCUT2D eigenvalue weighted by Crippen LogP contribution is 2.26. The van der Waals surface area contributed by atoms with E-state index in [1.54, 1.807) is 0 Å². The molecule has 0 bridgehead atoms. The molecule has 1 amide bonds. The minimum Gasteiger partial charge on any atom is -0.354 e. The largest absolute Gasteiger partial charge is 0.354 e. The van der Waals surface area contributed by atoms with Crippen LogP contribution >= 0.6 is 0 Å². The lowest BCUT2D eigenvalue weighted by Gasteiger charge is -2.32. The second-order valence-corrected chi connectivity index (χ2v) is 7.91. The van der Waals surface area contributed by atoms with Crippen LogP contribution in [0.3, 0.4) is 0 Å². The molecule has 0 atom stereocenters. The lowest BCUT2D eigenvalue weighted by molar-refractivity contribution is 0.0903. The van der Waals surface area contributed by atoms with Gasteiger partial charge in [-0.2, -0.15) is 0 Å². The van der Waals surface area contributed by atoms with Crippen LogP contribution in [0.2, 0.25) is 0 Å². The third-order valence-corrected chi connectivity index (χ3v) is 5.91. The number of fused-ring (bicyclic) bond motifs is 1. The van der Waals surface area contributed by atoms with Crippen LogP contribution in [0.4, 0.5) is 4.39 Å². The Bertz CT molecular complexity index is 880. The van der Waals surface area contributed by atoms with E-state index >= 15 is 0 Å². The van der Waals surface area contributed by atoms with E-state index < -0.39 is 0 Å². The predicted molar refractivity (Wildman–Crippen MR) is 105 cm³/mol. The fourth-order valence-corrected chi connectivity index (χ4v) is 4.34. The van der Waals surface area contributed by atoms with Crippen molar-refractivity contribution in [2.75, 3.05) is 13.1 Å². The number of amides is 1. The van der Waals surface area contributed by atoms with Crippen LogP contribution in [0.1, 0.15) is 63.4 Å². The Balaban J connectivity index is 1.33. The van der Waals surface area contributed by atoms with Gasteiger partial charge in [-0.15, -0.1) is 0 Å². The number of halogens is 1. The first-order chi connectivity index (χ1) is 13.5. The van der Waals surface area contributed by atoms with Gasteiger partial charge in [-0.1, -0.05) is 12.1 Å². The summed E-state index contributed by atoms with van der Waals surface area (Å²) in [5.74, 6) is -0.187. The summed E-state index contributed by atoms with van der Waals surface area (Å²) in [5, 5.41) is 3.13. The number of hydrogen-bond donors (Lipinski definition) is 2. The Kier molecular flexibility index (Phi) is 5.31. The molecule has 2 heterocycles. The van der Waals surface area contributed by atoms with Crippen LogP contribution in [-0.4, -0.2) is 40.7 Å². The Hall–Kier alpha value is -2.47. The number of Topliss-reactive ketones (excluding diaryl/α,β-unsaturated/α-hetero) is 1. The quantitative estimate of drug-likeness (QED) is 0.851. The number of rotatable bonds is 4. The van der Waals surface area contributed by atoms with E-state index in [1.165, 1.54) is 12.1 Å². The molecule has 1 aromatic carbocycles. The topological polar surface area (TPSA) is 65.2 Å². The summed E-state index contributed by atoms with van der Waals surface area (Å²) in [6, 6.07) is 6.75. The van der Waals surface area contributed by atoms with E-state index in [9.17, 15) is 14.0 Å². The maximum atomic E-state index is 13.0. The number of nitrogens with zero attached hydrogens (tertiary/aromatic N) is 1. The molecule has 0 spiro atoms. The summed E-state index contributed by atoms with van der Waals surface area (Å²) in [7, 11) is 0. The number of nitrogens with one attached hydrogen (secondary N) is 2. The summed E-state index contributed by atoms with van der Waals surface area (Å²) >= 11 is 0. The molecule has 1 aliphatic carbocycles. The Morgan fingerprint density at radius 3 is 2.61 bits per heavy atom. The van der Waals surface area contributed by atoms with E-state index in [0.29, 0.717) is 12.1 Å². The van der Waals surface area contributed by atoms with Crippen molar-refractivity contribution in [3.05, 3.63) is 58.2 Å². The highest BCUT2D eigenvalue weighted by molar-refractivity contribution is 6.04. The van der Waals surface area contributed by atoms with Gasteiger partial charge in [-0.3, -0.25) is 14.5 Å². The van der Waals surface area contributed by atoms with Crippen molar-refractivity contribution in [1.82, 2.24) is 15.2 Å². The number of carbonyl (C=O) groups excluding carboxylic acids is 2. The molecule has 4 rings (SSSR count). The number of aromatic amines is 1. The van der Waals surface area contributed by atoms with Gasteiger partial charge in [-0.25, -0.2) is 4.39 Å². The zero-order valence-electron chi connectivity index (χ0n) is 16.2. The highest BCUT2D eigenvalue weighted by Gasteiger charge is 2.28. The molecule has 1 fully saturated rings. The molecule has 1 aliphatic heterocycles. The molecule has 0 saturated carbocycles. The molecule has 2 N–H and O–H groups in total. The lowest BCUT2D eigenvalue weighted by Crippen LogP contribution is -2.44. The number of benzene rings is 1. The van der Waals surface area contributed by atoms with Gasteiger partial charge in [0.2, 0.25) is 0 Å². The van der Waals surface area contributed by atoms with Crippen molar-refractivity contribution in [3.63, 3.8) is 0 Å². The zero-order valence-corrected chi connectivity index (χ0v) is 16.2. The van der Waals surface area contributed by atoms with Crippen LogP contribution in [0, 0.1) is 12.7 Å². The molecule has 0 radical (unpaired) electrons. The average Bonchev–Trinajstić information content (AvgIpc) is 3.03. The van der Waals surface area contributed by atoms with Crippen molar-refractivity contribution in [2.45, 2.75) is 51.6 Å². The molecular weight excluding hydrogens is 357 g/mol. The monoisotopic (exact) mass is 383 g/mol. The summed E-state index contributed by atoms with van der Waals surface area (Å²) in [5.41, 5.74) is 4.06. The second-order valence-electron chi connectivity index (χ2n) is 7.91. The molecule has 2 aromatic rings. The van der Waals surface area contributed by atoms with Crippen molar-refractivity contribution in [1.29, 1.82) is 0 Å². The first kappa shape index (κ1) is 18.9. The van der Waals surface area contributed by atoms with Crippen LogP contribution in [0.25, 0.3) is 0 Å². The van der Waals surface area contributed by atoms with Crippen molar-refractivity contribution in [2.24, 2.45) is 0 Å². The summed E-state index contributed by atoms with van der Waals surface area (Å²) in [4.78, 5) is 30.4. The van der Waals surface area contributed by atoms with Gasteiger partial charge in [0, 0.05) is 43.4 Å². The molecule has 28 heavy (non-hydrogen) atoms. The molecule has 2 aliphatic rings. The van der Waals surface area contributed by atoms with E-state index in [1.807, 2.05) is 19.1 Å². The minimum absolute atomic E-state index is 0.114. The van der Waals surface area contributed by atoms with Crippen LogP contribution in [-0.2, 0) is 13.0 Å². The molecular formula is C22H26FN3O2. The maximum absolute atomic E-state index is 13.0. The van der Waals surface area contributed by atoms with E-state index in [0.717, 1.165) is 67.7 Å². The van der Waals surface area contributed by atoms with Gasteiger partial charge in [0.15, 0.2) is 5.78 Å². The number of piperidine rings is 1. The number of ketones is 1. The highest BCUT2D eigenvalue weighted by atomic mass is 19.1. The van der Waals surface area contributed by atoms with Crippen molar-refractivity contribution in [3.8, 4) is 0 Å². The van der Waals surface area contributed by atoms with Crippen molar-refractivity contribution < 1.29 is 14.0 Å². The lowest BCUT2D eigenvalue weighted by atomic mass is 9.93. The number of carbonyl (C=O) groups is 2. The summed E-state index contributed by atoms with van der Waals surface area (Å²) < 4.78 is 13.0. The minimum atomic E-state index is -0.215. The number of aromatic nitrogens is 1. The number of likely N-dealkylation sites (tertiary alicyclic amines) is 1. The molecule has 0 unspecified atom stereocenters. The van der Waals surface area contributed by atoms with Crippen molar-refractivity contribution >= 4 is 11.7 Å².